The Morgan fingerprint density at radius 2 is 1.65 bits per heavy atom. The minimum atomic E-state index is 0.199. The molecule has 0 aliphatic heterocycles. The zero-order valence-corrected chi connectivity index (χ0v) is 12.0. The Hall–Kier alpha value is -1.15. The molecule has 88 valence electrons. The molecule has 0 radical (unpaired) electrons. The van der Waals surface area contributed by atoms with Gasteiger partial charge in [-0.3, -0.25) is 0 Å². The maximum Gasteiger partial charge on any atom is 0.113 e. The summed E-state index contributed by atoms with van der Waals surface area (Å²) in [5, 5.41) is 0. The van der Waals surface area contributed by atoms with Gasteiger partial charge in [-0.25, -0.2) is 4.98 Å². The molecule has 0 amide bonds. The summed E-state index contributed by atoms with van der Waals surface area (Å²) in [5.74, 6) is 0. The van der Waals surface area contributed by atoms with E-state index in [1.165, 1.54) is 11.1 Å². The van der Waals surface area contributed by atoms with Gasteiger partial charge in [0.05, 0.1) is 0 Å². The van der Waals surface area contributed by atoms with Crippen LogP contribution >= 0.6 is 15.9 Å². The van der Waals surface area contributed by atoms with Crippen molar-refractivity contribution >= 4 is 15.9 Å². The predicted molar refractivity (Wildman–Crippen MR) is 76.1 cm³/mol. The summed E-state index contributed by atoms with van der Waals surface area (Å²) < 4.78 is 0.892. The number of pyridine rings is 1. The van der Waals surface area contributed by atoms with Crippen molar-refractivity contribution in [1.82, 2.24) is 4.98 Å². The minimum Gasteiger partial charge on any atom is -0.249 e. The van der Waals surface area contributed by atoms with Crippen LogP contribution in [0.25, 0.3) is 11.1 Å². The van der Waals surface area contributed by atoms with Crippen LogP contribution in [-0.2, 0) is 5.41 Å². The summed E-state index contributed by atoms with van der Waals surface area (Å²) in [5.41, 5.74) is 3.87. The third kappa shape index (κ3) is 2.75. The van der Waals surface area contributed by atoms with E-state index in [0.717, 1.165) is 10.2 Å². The molecule has 0 atom stereocenters. The molecule has 0 fully saturated rings. The molecule has 2 heteroatoms. The van der Waals surface area contributed by atoms with Gasteiger partial charge in [0.2, 0.25) is 0 Å². The van der Waals surface area contributed by atoms with Gasteiger partial charge in [-0.15, -0.1) is 0 Å². The molecule has 1 aromatic carbocycles. The van der Waals surface area contributed by atoms with Crippen molar-refractivity contribution in [2.24, 2.45) is 0 Å². The number of nitrogens with zero attached hydrogens (tertiary/aromatic N) is 1. The fraction of sp³-hybridized carbons (Fsp3) is 0.267. The van der Waals surface area contributed by atoms with Gasteiger partial charge in [0.1, 0.15) is 4.60 Å². The topological polar surface area (TPSA) is 12.9 Å². The number of aromatic nitrogens is 1. The normalized spacial score (nSPS) is 11.5. The highest BCUT2D eigenvalue weighted by molar-refractivity contribution is 9.10. The molecule has 1 nitrogen and oxygen atoms in total. The van der Waals surface area contributed by atoms with Crippen LogP contribution in [0.15, 0.2) is 47.2 Å². The van der Waals surface area contributed by atoms with Crippen LogP contribution in [0.3, 0.4) is 0 Å². The summed E-state index contributed by atoms with van der Waals surface area (Å²) in [6.07, 6.45) is 1.79. The molecule has 2 rings (SSSR count). The molecule has 17 heavy (non-hydrogen) atoms. The van der Waals surface area contributed by atoms with Gasteiger partial charge >= 0.3 is 0 Å². The summed E-state index contributed by atoms with van der Waals surface area (Å²) in [6.45, 7) is 6.67. The third-order valence-corrected chi connectivity index (χ3v) is 3.45. The Morgan fingerprint density at radius 1 is 1.00 bits per heavy atom. The highest BCUT2D eigenvalue weighted by Gasteiger charge is 2.13. The fourth-order valence-electron chi connectivity index (χ4n) is 1.75. The molecule has 0 aliphatic rings. The lowest BCUT2D eigenvalue weighted by atomic mass is 9.86. The van der Waals surface area contributed by atoms with Crippen LogP contribution in [0.2, 0.25) is 0 Å². The van der Waals surface area contributed by atoms with Gasteiger partial charge in [0.25, 0.3) is 0 Å². The molecule has 2 aromatic rings. The third-order valence-electron chi connectivity index (χ3n) is 2.82. The van der Waals surface area contributed by atoms with Crippen LogP contribution in [0, 0.1) is 0 Å². The largest absolute Gasteiger partial charge is 0.249 e. The first-order valence-electron chi connectivity index (χ1n) is 5.70. The second-order valence-electron chi connectivity index (χ2n) is 5.17. The Bertz CT molecular complexity index is 509. The van der Waals surface area contributed by atoms with Gasteiger partial charge in [0, 0.05) is 11.8 Å². The van der Waals surface area contributed by atoms with Crippen LogP contribution in [0.4, 0.5) is 0 Å². The number of halogens is 1. The molecule has 0 unspecified atom stereocenters. The Balaban J connectivity index is 2.40. The van der Waals surface area contributed by atoms with E-state index < -0.39 is 0 Å². The zero-order chi connectivity index (χ0) is 12.5. The smallest absolute Gasteiger partial charge is 0.113 e. The van der Waals surface area contributed by atoms with E-state index in [9.17, 15) is 0 Å². The standard InChI is InChI=1S/C15H16BrN/c1-15(2,3)12-8-6-11(7-9-12)13-5-4-10-17-14(13)16/h4-10H,1-3H3. The predicted octanol–water partition coefficient (Wildman–Crippen LogP) is 4.81. The van der Waals surface area contributed by atoms with E-state index >= 15 is 0 Å². The maximum atomic E-state index is 4.24. The van der Waals surface area contributed by atoms with Crippen molar-refractivity contribution in [3.05, 3.63) is 52.8 Å². The Labute approximate surface area is 111 Å². The second-order valence-corrected chi connectivity index (χ2v) is 5.92. The summed E-state index contributed by atoms with van der Waals surface area (Å²) in [6, 6.07) is 12.7. The summed E-state index contributed by atoms with van der Waals surface area (Å²) in [4.78, 5) is 4.24. The molecule has 0 saturated carbocycles. The molecule has 0 spiro atoms. The van der Waals surface area contributed by atoms with E-state index in [1.807, 2.05) is 6.07 Å². The Kier molecular flexibility index (Phi) is 3.34. The van der Waals surface area contributed by atoms with Crippen molar-refractivity contribution in [2.45, 2.75) is 26.2 Å². The summed E-state index contributed by atoms with van der Waals surface area (Å²) in [7, 11) is 0. The van der Waals surface area contributed by atoms with Crippen molar-refractivity contribution < 1.29 is 0 Å². The fourth-order valence-corrected chi connectivity index (χ4v) is 2.23. The van der Waals surface area contributed by atoms with E-state index in [4.69, 9.17) is 0 Å². The first-order valence-corrected chi connectivity index (χ1v) is 6.49. The zero-order valence-electron chi connectivity index (χ0n) is 10.4. The quantitative estimate of drug-likeness (QED) is 0.687. The summed E-state index contributed by atoms with van der Waals surface area (Å²) >= 11 is 3.48. The monoisotopic (exact) mass is 289 g/mol. The van der Waals surface area contributed by atoms with Crippen LogP contribution in [0.1, 0.15) is 26.3 Å². The molecule has 0 aliphatic carbocycles. The number of rotatable bonds is 1. The molecule has 0 N–H and O–H groups in total. The van der Waals surface area contributed by atoms with Crippen LogP contribution < -0.4 is 0 Å². The minimum absolute atomic E-state index is 0.199. The lowest BCUT2D eigenvalue weighted by molar-refractivity contribution is 0.590. The number of benzene rings is 1. The SMILES string of the molecule is CC(C)(C)c1ccc(-c2cccnc2Br)cc1. The highest BCUT2D eigenvalue weighted by Crippen LogP contribution is 2.29. The van der Waals surface area contributed by atoms with E-state index in [-0.39, 0.29) is 5.41 Å². The maximum absolute atomic E-state index is 4.24. The molecule has 1 heterocycles. The molecule has 0 bridgehead atoms. The van der Waals surface area contributed by atoms with Gasteiger partial charge in [0.15, 0.2) is 0 Å². The van der Waals surface area contributed by atoms with Crippen molar-refractivity contribution in [3.63, 3.8) is 0 Å². The van der Waals surface area contributed by atoms with Crippen LogP contribution in [0.5, 0.6) is 0 Å². The molecular formula is C15H16BrN. The van der Waals surface area contributed by atoms with Gasteiger partial charge < -0.3 is 0 Å². The first kappa shape index (κ1) is 12.3. The van der Waals surface area contributed by atoms with E-state index in [0.29, 0.717) is 0 Å². The molecule has 0 saturated heterocycles. The van der Waals surface area contributed by atoms with Crippen LogP contribution in [-0.4, -0.2) is 4.98 Å². The van der Waals surface area contributed by atoms with Gasteiger partial charge in [-0.05, 0) is 38.5 Å². The van der Waals surface area contributed by atoms with Crippen molar-refractivity contribution in [2.75, 3.05) is 0 Å². The molecule has 1 aromatic heterocycles. The van der Waals surface area contributed by atoms with Gasteiger partial charge in [-0.1, -0.05) is 51.1 Å². The van der Waals surface area contributed by atoms with Crippen molar-refractivity contribution in [1.29, 1.82) is 0 Å². The highest BCUT2D eigenvalue weighted by atomic mass is 79.9. The molecular weight excluding hydrogens is 274 g/mol. The average molecular weight is 290 g/mol. The lowest BCUT2D eigenvalue weighted by Gasteiger charge is -2.19. The van der Waals surface area contributed by atoms with E-state index in [2.05, 4.69) is 72.0 Å². The number of hydrogen-bond donors (Lipinski definition) is 0. The van der Waals surface area contributed by atoms with Gasteiger partial charge in [-0.2, -0.15) is 0 Å². The second kappa shape index (κ2) is 4.61. The van der Waals surface area contributed by atoms with E-state index in [1.54, 1.807) is 6.20 Å². The average Bonchev–Trinajstić information content (AvgIpc) is 2.29. The Morgan fingerprint density at radius 3 is 2.18 bits per heavy atom. The lowest BCUT2D eigenvalue weighted by Crippen LogP contribution is -2.10. The number of hydrogen-bond acceptors (Lipinski definition) is 1. The van der Waals surface area contributed by atoms with Crippen molar-refractivity contribution in [3.8, 4) is 11.1 Å². The first-order chi connectivity index (χ1) is 7.98.